The topological polar surface area (TPSA) is 46.1 Å². The molecule has 0 radical (unpaired) electrons. The first kappa shape index (κ1) is 22.7. The van der Waals surface area contributed by atoms with E-state index in [1.165, 1.54) is 5.16 Å². The van der Waals surface area contributed by atoms with Crippen molar-refractivity contribution in [1.29, 1.82) is 5.26 Å². The Balaban J connectivity index is -0.0000000105. The summed E-state index contributed by atoms with van der Waals surface area (Å²) in [5.41, 5.74) is 0. The number of nitrogens with zero attached hydrogens (tertiary/aromatic N) is 2. The molecule has 0 saturated heterocycles. The van der Waals surface area contributed by atoms with Gasteiger partial charge in [-0.05, 0) is 0 Å². The average Bonchev–Trinajstić information content (AvgIpc) is 1.46. The van der Waals surface area contributed by atoms with E-state index in [0.29, 0.717) is 0 Å². The SMILES string of the molecule is [C-]#N.[K+].[K+].[N-]=C=S. The van der Waals surface area contributed by atoms with Crippen molar-refractivity contribution >= 4 is 17.4 Å². The van der Waals surface area contributed by atoms with Crippen molar-refractivity contribution in [3.05, 3.63) is 12.0 Å². The van der Waals surface area contributed by atoms with E-state index >= 15 is 0 Å². The molecule has 0 heterocycles. The van der Waals surface area contributed by atoms with Gasteiger partial charge in [0.05, 0.1) is 0 Å². The molecule has 0 aromatic rings. The molecule has 0 saturated carbocycles. The van der Waals surface area contributed by atoms with Crippen molar-refractivity contribution in [2.75, 3.05) is 0 Å². The van der Waals surface area contributed by atoms with Gasteiger partial charge >= 0.3 is 103 Å². The summed E-state index contributed by atoms with van der Waals surface area (Å²) in [5, 5.41) is 14.7. The zero-order valence-electron chi connectivity index (χ0n) is 4.30. The Morgan fingerprint density at radius 2 is 1.43 bits per heavy atom. The summed E-state index contributed by atoms with van der Waals surface area (Å²) in [7, 11) is 0. The van der Waals surface area contributed by atoms with Gasteiger partial charge in [0.25, 0.3) is 0 Å². The van der Waals surface area contributed by atoms with E-state index in [1.54, 1.807) is 0 Å². The quantitative estimate of drug-likeness (QED) is 0.155. The van der Waals surface area contributed by atoms with Crippen LogP contribution in [0.3, 0.4) is 0 Å². The second kappa shape index (κ2) is 38.6. The molecule has 26 valence electrons. The molecule has 0 spiro atoms. The maximum Gasteiger partial charge on any atom is 1.00 e. The molecular weight excluding hydrogens is 162 g/mol. The third-order valence-electron chi connectivity index (χ3n) is 0. The molecule has 0 unspecified atom stereocenters. The zero-order valence-corrected chi connectivity index (χ0v) is 11.4. The van der Waals surface area contributed by atoms with E-state index in [-0.39, 0.29) is 103 Å². The molecular formula is C2K2N2S. The van der Waals surface area contributed by atoms with Crippen LogP contribution in [0.2, 0.25) is 0 Å². The van der Waals surface area contributed by atoms with Crippen molar-refractivity contribution < 1.29 is 103 Å². The molecule has 7 heavy (non-hydrogen) atoms. The minimum absolute atomic E-state index is 0. The first-order chi connectivity index (χ1) is 2.41. The molecule has 0 atom stereocenters. The van der Waals surface area contributed by atoms with Crippen LogP contribution >= 0.6 is 12.2 Å². The van der Waals surface area contributed by atoms with Gasteiger partial charge in [-0.2, -0.15) is 5.16 Å². The Hall–Kier alpha value is 2.56. The van der Waals surface area contributed by atoms with Crippen LogP contribution in [0.5, 0.6) is 0 Å². The van der Waals surface area contributed by atoms with E-state index in [1.807, 2.05) is 0 Å². The van der Waals surface area contributed by atoms with Crippen molar-refractivity contribution in [2.24, 2.45) is 0 Å². The second-order valence-electron chi connectivity index (χ2n) is 0.0913. The smallest absolute Gasteiger partial charge is 0.753 e. The van der Waals surface area contributed by atoms with Crippen molar-refractivity contribution in [3.63, 3.8) is 0 Å². The maximum absolute atomic E-state index is 7.13. The van der Waals surface area contributed by atoms with Crippen molar-refractivity contribution in [2.45, 2.75) is 0 Å². The van der Waals surface area contributed by atoms with Gasteiger partial charge in [0.15, 0.2) is 0 Å². The number of hydrogen-bond donors (Lipinski definition) is 0. The normalized spacial score (nSPS) is 1.43. The summed E-state index contributed by atoms with van der Waals surface area (Å²) in [6, 6.07) is 0. The summed E-state index contributed by atoms with van der Waals surface area (Å²) < 4.78 is 0. The minimum Gasteiger partial charge on any atom is -0.753 e. The van der Waals surface area contributed by atoms with Crippen LogP contribution in [0.15, 0.2) is 0 Å². The number of thiocarbonyl (C=S) groups is 1. The average molecular weight is 162 g/mol. The summed E-state index contributed by atoms with van der Waals surface area (Å²) in [6.07, 6.45) is 0. The Kier molecular flexibility index (Phi) is 125. The number of rotatable bonds is 0. The van der Waals surface area contributed by atoms with Crippen LogP contribution in [0.25, 0.3) is 5.41 Å². The van der Waals surface area contributed by atoms with Crippen LogP contribution in [-0.4, -0.2) is 5.16 Å². The first-order valence-corrected chi connectivity index (χ1v) is 1.06. The number of hydrogen-bond acceptors (Lipinski definition) is 2. The fraction of sp³-hybridized carbons (Fsp3) is 0. The molecule has 0 rings (SSSR count). The Morgan fingerprint density at radius 1 is 1.43 bits per heavy atom. The molecule has 0 N–H and O–H groups in total. The molecule has 0 bridgehead atoms. The summed E-state index contributed by atoms with van der Waals surface area (Å²) >= 11 is 3.70. The first-order valence-electron chi connectivity index (χ1n) is 0.651. The third kappa shape index (κ3) is 56.2. The van der Waals surface area contributed by atoms with Gasteiger partial charge in [0, 0.05) is 0 Å². The molecule has 0 amide bonds. The third-order valence-corrected chi connectivity index (χ3v) is 0. The molecule has 0 aromatic carbocycles. The summed E-state index contributed by atoms with van der Waals surface area (Å²) in [4.78, 5) is 0. The minimum atomic E-state index is 0. The molecule has 0 aliphatic rings. The Labute approximate surface area is 133 Å². The van der Waals surface area contributed by atoms with Crippen molar-refractivity contribution in [1.82, 2.24) is 0 Å². The monoisotopic (exact) mass is 162 g/mol. The Morgan fingerprint density at radius 3 is 1.43 bits per heavy atom. The van der Waals surface area contributed by atoms with E-state index in [9.17, 15) is 0 Å². The van der Waals surface area contributed by atoms with Crippen LogP contribution in [-0.2, 0) is 0 Å². The summed E-state index contributed by atoms with van der Waals surface area (Å²) in [6.45, 7) is 4.75. The summed E-state index contributed by atoms with van der Waals surface area (Å²) in [5.74, 6) is 0. The molecule has 0 aromatic heterocycles. The number of isothiocyanates is 1. The van der Waals surface area contributed by atoms with Crippen LogP contribution < -0.4 is 103 Å². The second-order valence-corrected chi connectivity index (χ2v) is 0.274. The largest absolute Gasteiger partial charge is 1.00 e. The van der Waals surface area contributed by atoms with E-state index in [2.05, 4.69) is 12.2 Å². The van der Waals surface area contributed by atoms with Gasteiger partial charge in [-0.25, -0.2) is 0 Å². The van der Waals surface area contributed by atoms with E-state index < -0.39 is 0 Å². The Bertz CT molecular complexity index is 56.0. The predicted molar refractivity (Wildman–Crippen MR) is 20.9 cm³/mol. The fourth-order valence-corrected chi connectivity index (χ4v) is 0. The van der Waals surface area contributed by atoms with Crippen LogP contribution in [0, 0.1) is 11.8 Å². The molecule has 5 heteroatoms. The van der Waals surface area contributed by atoms with Gasteiger partial charge in [-0.3, -0.25) is 0 Å². The van der Waals surface area contributed by atoms with Crippen LogP contribution in [0.4, 0.5) is 0 Å². The molecule has 2 nitrogen and oxygen atoms in total. The van der Waals surface area contributed by atoms with Gasteiger partial charge < -0.3 is 17.2 Å². The standard InChI is InChI=1S/CNS.CN.2K/c2-1-3;1-2;;/q2*-1;2*+1. The molecule has 0 fully saturated rings. The van der Waals surface area contributed by atoms with Gasteiger partial charge in [-0.15, -0.1) is 0 Å². The van der Waals surface area contributed by atoms with E-state index in [0.717, 1.165) is 0 Å². The molecule has 0 aliphatic carbocycles. The van der Waals surface area contributed by atoms with Gasteiger partial charge in [0.2, 0.25) is 0 Å². The van der Waals surface area contributed by atoms with Gasteiger partial charge in [-0.1, -0.05) is 12.2 Å². The maximum atomic E-state index is 7.13. The fourth-order valence-electron chi connectivity index (χ4n) is 0. The van der Waals surface area contributed by atoms with E-state index in [4.69, 9.17) is 17.2 Å². The van der Waals surface area contributed by atoms with Crippen LogP contribution in [0.1, 0.15) is 0 Å². The van der Waals surface area contributed by atoms with Gasteiger partial charge in [0.1, 0.15) is 0 Å². The predicted octanol–water partition coefficient (Wildman–Crippen LogP) is -5.24. The van der Waals surface area contributed by atoms with Crippen molar-refractivity contribution in [3.8, 4) is 0 Å². The zero-order chi connectivity index (χ0) is 4.71. The molecule has 0 aliphatic heterocycles.